The number of carbonyl (C=O) groups excluding carboxylic acids is 4. The summed E-state index contributed by atoms with van der Waals surface area (Å²) in [4.78, 5) is 74.0. The molecule has 5 N–H and O–H groups in total. The molecule has 2 aliphatic carbocycles. The number of aromatic nitrogens is 5. The van der Waals surface area contributed by atoms with Gasteiger partial charge in [0, 0.05) is 73.6 Å². The number of alkyl halides is 1. The van der Waals surface area contributed by atoms with Crippen LogP contribution in [-0.4, -0.2) is 108 Å². The minimum atomic E-state index is -1.98. The van der Waals surface area contributed by atoms with E-state index in [2.05, 4.69) is 65.9 Å². The van der Waals surface area contributed by atoms with Gasteiger partial charge < -0.3 is 35.6 Å². The number of thiazole rings is 2. The largest absolute Gasteiger partial charge is 0.493 e. The number of halogens is 1. The molecular weight excluding hydrogens is 1130 g/mol. The molecule has 86 heavy (non-hydrogen) atoms. The fourth-order valence-corrected chi connectivity index (χ4v) is 14.0. The first-order chi connectivity index (χ1) is 41.5. The Hall–Kier alpha value is -7.13. The number of nitrogens with one attached hydrogen (secondary N) is 4. The van der Waals surface area contributed by atoms with Gasteiger partial charge in [0.2, 0.25) is 11.8 Å². The van der Waals surface area contributed by atoms with E-state index >= 15 is 0 Å². The number of likely N-dealkylation sites (tertiary alicyclic amines) is 1. The maximum absolute atomic E-state index is 14.8. The highest BCUT2D eigenvalue weighted by atomic mass is 32.1. The van der Waals surface area contributed by atoms with E-state index in [9.17, 15) is 28.7 Å². The number of anilines is 2. The third-order valence-corrected chi connectivity index (χ3v) is 19.5. The molecule has 17 nitrogen and oxygen atoms in total. The predicted octanol–water partition coefficient (Wildman–Crippen LogP) is 11.0. The number of aliphatic hydroxyl groups excluding tert-OH is 1. The van der Waals surface area contributed by atoms with Crippen molar-refractivity contribution in [1.82, 2.24) is 45.6 Å². The summed E-state index contributed by atoms with van der Waals surface area (Å²) in [6, 6.07) is 22.1. The van der Waals surface area contributed by atoms with E-state index in [0.717, 1.165) is 118 Å². The summed E-state index contributed by atoms with van der Waals surface area (Å²) in [6.45, 7) is 13.6. The Labute approximate surface area is 510 Å². The lowest BCUT2D eigenvalue weighted by Crippen LogP contribution is -2.59. The molecule has 11 rings (SSSR count). The molecule has 0 unspecified atom stereocenters. The van der Waals surface area contributed by atoms with Crippen LogP contribution < -0.4 is 30.9 Å². The van der Waals surface area contributed by atoms with Crippen LogP contribution in [0, 0.1) is 25.2 Å². The SMILES string of the molecule is Cc1ncsc1-c1ccc(CNC(=O)[C@@H]2C[C@@H](O)CN2C(=O)[C@@H](NC(=O)C2(F)CC2)C(C)(C)C)c(OCCCCCCNCc2nc(N3CCc4cccc(C(=O)Nc5nc6ccccc6s5)c4C3)ccc2-c2cnn(CC3CCCCC3)c2C)c1. The zero-order chi connectivity index (χ0) is 60.1. The molecule has 0 spiro atoms. The van der Waals surface area contributed by atoms with Crippen LogP contribution in [0.25, 0.3) is 31.8 Å². The molecule has 4 aromatic heterocycles. The molecule has 2 saturated carbocycles. The topological polar surface area (TPSA) is 209 Å². The molecule has 7 aromatic rings. The summed E-state index contributed by atoms with van der Waals surface area (Å²) in [7, 11) is 0. The molecule has 4 aliphatic rings. The zero-order valence-corrected chi connectivity index (χ0v) is 51.7. The lowest BCUT2D eigenvalue weighted by Gasteiger charge is -2.35. The van der Waals surface area contributed by atoms with Crippen LogP contribution in [-0.2, 0) is 47.0 Å². The van der Waals surface area contributed by atoms with Gasteiger partial charge in [-0.3, -0.25) is 29.2 Å². The van der Waals surface area contributed by atoms with Crippen molar-refractivity contribution >= 4 is 67.5 Å². The van der Waals surface area contributed by atoms with Gasteiger partial charge in [0.1, 0.15) is 23.7 Å². The van der Waals surface area contributed by atoms with E-state index in [1.807, 2.05) is 73.2 Å². The Kier molecular flexibility index (Phi) is 18.6. The van der Waals surface area contributed by atoms with E-state index in [4.69, 9.17) is 14.8 Å². The lowest BCUT2D eigenvalue weighted by molar-refractivity contribution is -0.145. The Morgan fingerprint density at radius 2 is 1.73 bits per heavy atom. The number of rotatable bonds is 23. The number of benzene rings is 3. The average Bonchev–Trinajstić information content (AvgIpc) is 1.72. The Morgan fingerprint density at radius 3 is 2.51 bits per heavy atom. The standard InChI is InChI=1S/C66H80FN11O6S2/c1-41-58(85-40-70-41)45-22-23-46(34-69-61(81)54-33-47(79)38-77(54)62(82)59(65(3,4)5)74-63(83)66(67)27-28-66)55(32-45)84-31-14-7-6-13-29-68-36-53-48(50-35-71-78(42(50)2)37-43-16-9-8-10-17-43)24-25-57(72-53)76-30-26-44-18-15-19-49(51(44)39-76)60(80)75-64-73-52-20-11-12-21-56(52)86-64/h11-12,15,18-25,32,35,40,43,47,54,59,68,79H,6-10,13-14,16-17,26-31,33-34,36-39H2,1-5H3,(H,69,81)(H,74,83)(H,73,75,80)/t47-,54+,59-/m1/s1. The number of carbonyl (C=O) groups is 4. The summed E-state index contributed by atoms with van der Waals surface area (Å²) in [5.41, 5.74) is 9.63. The molecule has 20 heteroatoms. The van der Waals surface area contributed by atoms with Crippen LogP contribution in [0.5, 0.6) is 5.75 Å². The number of aliphatic hydroxyl groups is 1. The number of hydrogen-bond donors (Lipinski definition) is 5. The van der Waals surface area contributed by atoms with Crippen molar-refractivity contribution in [2.75, 3.05) is 36.5 Å². The van der Waals surface area contributed by atoms with E-state index in [-0.39, 0.29) is 38.3 Å². The minimum absolute atomic E-state index is 0.0301. The van der Waals surface area contributed by atoms with E-state index in [0.29, 0.717) is 42.1 Å². The van der Waals surface area contributed by atoms with Crippen molar-refractivity contribution < 1.29 is 33.4 Å². The van der Waals surface area contributed by atoms with Gasteiger partial charge in [-0.05, 0) is 130 Å². The van der Waals surface area contributed by atoms with Gasteiger partial charge >= 0.3 is 0 Å². The van der Waals surface area contributed by atoms with Crippen molar-refractivity contribution in [3.05, 3.63) is 124 Å². The molecule has 3 fully saturated rings. The quantitative estimate of drug-likeness (QED) is 0.0379. The summed E-state index contributed by atoms with van der Waals surface area (Å²) < 4.78 is 24.5. The summed E-state index contributed by atoms with van der Waals surface area (Å²) in [5, 5.41) is 28.7. The number of aryl methyl sites for hydroxylation is 1. The van der Waals surface area contributed by atoms with Crippen molar-refractivity contribution in [3.8, 4) is 27.3 Å². The molecule has 4 amide bonds. The number of amides is 4. The maximum Gasteiger partial charge on any atom is 0.258 e. The predicted molar refractivity (Wildman–Crippen MR) is 336 cm³/mol. The molecule has 3 aromatic carbocycles. The van der Waals surface area contributed by atoms with Gasteiger partial charge in [-0.2, -0.15) is 5.10 Å². The second kappa shape index (κ2) is 26.5. The third kappa shape index (κ3) is 14.0. The molecular formula is C66H80FN11O6S2. The van der Waals surface area contributed by atoms with Crippen LogP contribution in [0.4, 0.5) is 15.3 Å². The van der Waals surface area contributed by atoms with Crippen molar-refractivity contribution in [1.29, 1.82) is 0 Å². The monoisotopic (exact) mass is 1210 g/mol. The summed E-state index contributed by atoms with van der Waals surface area (Å²) in [5.74, 6) is 0.182. The molecule has 2 aliphatic heterocycles. The highest BCUT2D eigenvalue weighted by Gasteiger charge is 2.53. The van der Waals surface area contributed by atoms with Gasteiger partial charge in [0.25, 0.3) is 11.8 Å². The Balaban J connectivity index is 0.715. The Bertz CT molecular complexity index is 3550. The van der Waals surface area contributed by atoms with Crippen molar-refractivity contribution in [3.63, 3.8) is 0 Å². The molecule has 454 valence electrons. The third-order valence-electron chi connectivity index (χ3n) is 17.5. The van der Waals surface area contributed by atoms with E-state index in [1.54, 1.807) is 32.1 Å². The van der Waals surface area contributed by atoms with Gasteiger partial charge in [0.05, 0.1) is 50.9 Å². The van der Waals surface area contributed by atoms with E-state index in [1.165, 1.54) is 53.9 Å². The molecule has 0 radical (unpaired) electrons. The maximum atomic E-state index is 14.8. The molecule has 0 bridgehead atoms. The fraction of sp³-hybridized carbons (Fsp3) is 0.485. The second-order valence-corrected chi connectivity index (χ2v) is 26.8. The molecule has 1 saturated heterocycles. The average molecular weight is 1210 g/mol. The number of fused-ring (bicyclic) bond motifs is 2. The van der Waals surface area contributed by atoms with Gasteiger partial charge in [-0.25, -0.2) is 19.3 Å². The summed E-state index contributed by atoms with van der Waals surface area (Å²) in [6.07, 6.45) is 12.2. The van der Waals surface area contributed by atoms with Crippen LogP contribution >= 0.6 is 22.7 Å². The molecule has 3 atom stereocenters. The highest BCUT2D eigenvalue weighted by Crippen LogP contribution is 2.41. The van der Waals surface area contributed by atoms with Crippen LogP contribution in [0.2, 0.25) is 0 Å². The Morgan fingerprint density at radius 1 is 0.919 bits per heavy atom. The molecule has 6 heterocycles. The minimum Gasteiger partial charge on any atom is -0.493 e. The number of para-hydroxylation sites is 1. The van der Waals surface area contributed by atoms with Crippen LogP contribution in [0.15, 0.2) is 84.5 Å². The first-order valence-electron chi connectivity index (χ1n) is 30.7. The smallest absolute Gasteiger partial charge is 0.258 e. The van der Waals surface area contributed by atoms with Gasteiger partial charge in [-0.1, -0.05) is 101 Å². The number of β-amino-alcohol motifs (C(OH)–C–C–N with tert-alkyl or cyclic N) is 1. The fourth-order valence-electron chi connectivity index (χ4n) is 12.3. The van der Waals surface area contributed by atoms with E-state index < -0.39 is 47.0 Å². The number of nitrogens with zero attached hydrogens (tertiary/aromatic N) is 7. The number of pyridine rings is 1. The van der Waals surface area contributed by atoms with Gasteiger partial charge in [-0.15, -0.1) is 11.3 Å². The highest BCUT2D eigenvalue weighted by molar-refractivity contribution is 7.22. The van der Waals surface area contributed by atoms with Crippen LogP contribution in [0.1, 0.15) is 142 Å². The number of unbranched alkanes of at least 4 members (excludes halogenated alkanes) is 3. The number of hydrogen-bond acceptors (Lipinski definition) is 14. The van der Waals surface area contributed by atoms with Crippen LogP contribution in [0.3, 0.4) is 0 Å². The zero-order valence-electron chi connectivity index (χ0n) is 50.1. The van der Waals surface area contributed by atoms with Crippen molar-refractivity contribution in [2.24, 2.45) is 11.3 Å². The van der Waals surface area contributed by atoms with Gasteiger partial charge in [0.15, 0.2) is 10.8 Å². The second-order valence-electron chi connectivity index (χ2n) is 24.9. The summed E-state index contributed by atoms with van der Waals surface area (Å²) >= 11 is 3.02. The lowest BCUT2D eigenvalue weighted by atomic mass is 9.85. The first kappa shape index (κ1) is 60.6. The number of ether oxygens (including phenoxy) is 1. The first-order valence-corrected chi connectivity index (χ1v) is 32.4. The normalized spacial score (nSPS) is 18.0. The van der Waals surface area contributed by atoms with Crippen molar-refractivity contribution in [2.45, 2.75) is 168 Å².